The van der Waals surface area contributed by atoms with Crippen LogP contribution < -0.4 is 4.74 Å². The SMILES string of the molecule is O=C(COc1ccc(F)cc1)N1CCC2C(=O)N(Cc3ccncc3)CC(=O)N2CC1. The topological polar surface area (TPSA) is 83.0 Å². The van der Waals surface area contributed by atoms with Crippen molar-refractivity contribution in [2.24, 2.45) is 0 Å². The number of rotatable bonds is 5. The monoisotopic (exact) mass is 426 g/mol. The molecular weight excluding hydrogens is 403 g/mol. The van der Waals surface area contributed by atoms with E-state index in [9.17, 15) is 18.8 Å². The molecule has 2 aliphatic rings. The number of hydrogen-bond donors (Lipinski definition) is 0. The summed E-state index contributed by atoms with van der Waals surface area (Å²) >= 11 is 0. The molecule has 1 aromatic carbocycles. The number of pyridine rings is 1. The van der Waals surface area contributed by atoms with E-state index in [1.807, 2.05) is 12.1 Å². The predicted molar refractivity (Wildman–Crippen MR) is 108 cm³/mol. The average molecular weight is 426 g/mol. The smallest absolute Gasteiger partial charge is 0.260 e. The third-order valence-electron chi connectivity index (χ3n) is 5.55. The lowest BCUT2D eigenvalue weighted by Crippen LogP contribution is -2.59. The lowest BCUT2D eigenvalue weighted by molar-refractivity contribution is -0.156. The first kappa shape index (κ1) is 20.8. The third-order valence-corrected chi connectivity index (χ3v) is 5.55. The summed E-state index contributed by atoms with van der Waals surface area (Å²) in [6.45, 7) is 1.19. The Hall–Kier alpha value is -3.49. The zero-order valence-electron chi connectivity index (χ0n) is 16.9. The molecule has 0 N–H and O–H groups in total. The molecule has 0 spiro atoms. The maximum absolute atomic E-state index is 13.0. The number of fused-ring (bicyclic) bond motifs is 1. The van der Waals surface area contributed by atoms with Crippen LogP contribution in [-0.2, 0) is 20.9 Å². The summed E-state index contributed by atoms with van der Waals surface area (Å²) in [5.74, 6) is -0.434. The zero-order chi connectivity index (χ0) is 21.8. The number of amides is 3. The van der Waals surface area contributed by atoms with Gasteiger partial charge in [0.2, 0.25) is 11.8 Å². The number of aromatic nitrogens is 1. The van der Waals surface area contributed by atoms with E-state index in [-0.39, 0.29) is 36.7 Å². The van der Waals surface area contributed by atoms with Crippen LogP contribution in [0.5, 0.6) is 5.75 Å². The second kappa shape index (κ2) is 9.11. The van der Waals surface area contributed by atoms with E-state index in [0.717, 1.165) is 5.56 Å². The summed E-state index contributed by atoms with van der Waals surface area (Å²) in [6, 6.07) is 8.51. The molecule has 2 fully saturated rings. The molecule has 3 heterocycles. The van der Waals surface area contributed by atoms with Gasteiger partial charge < -0.3 is 19.4 Å². The van der Waals surface area contributed by atoms with E-state index >= 15 is 0 Å². The van der Waals surface area contributed by atoms with Gasteiger partial charge in [0.1, 0.15) is 24.2 Å². The van der Waals surface area contributed by atoms with Gasteiger partial charge in [-0.3, -0.25) is 19.4 Å². The molecule has 162 valence electrons. The Bertz CT molecular complexity index is 954. The second-order valence-electron chi connectivity index (χ2n) is 7.56. The summed E-state index contributed by atoms with van der Waals surface area (Å²) in [5, 5.41) is 0. The van der Waals surface area contributed by atoms with Crippen LogP contribution in [0.2, 0.25) is 0 Å². The Morgan fingerprint density at radius 3 is 2.55 bits per heavy atom. The Labute approximate surface area is 179 Å². The number of carbonyl (C=O) groups excluding carboxylic acids is 3. The van der Waals surface area contributed by atoms with Crippen molar-refractivity contribution < 1.29 is 23.5 Å². The van der Waals surface area contributed by atoms with Crippen molar-refractivity contribution in [3.8, 4) is 5.75 Å². The maximum Gasteiger partial charge on any atom is 0.260 e. The standard InChI is InChI=1S/C22H23FN4O4/c23-17-1-3-18(4-2-17)31-15-21(29)25-10-7-19-22(30)26(13-16-5-8-24-9-6-16)14-20(28)27(19)12-11-25/h1-6,8-9,19H,7,10-15H2. The van der Waals surface area contributed by atoms with Crippen LogP contribution in [0.15, 0.2) is 48.8 Å². The first-order valence-corrected chi connectivity index (χ1v) is 10.1. The molecule has 9 heteroatoms. The van der Waals surface area contributed by atoms with Crippen LogP contribution in [-0.4, -0.2) is 76.2 Å². The van der Waals surface area contributed by atoms with Crippen molar-refractivity contribution in [3.63, 3.8) is 0 Å². The van der Waals surface area contributed by atoms with Crippen molar-refractivity contribution in [2.75, 3.05) is 32.8 Å². The number of benzene rings is 1. The van der Waals surface area contributed by atoms with Gasteiger partial charge in [-0.2, -0.15) is 0 Å². The first-order chi connectivity index (χ1) is 15.0. The van der Waals surface area contributed by atoms with Gasteiger partial charge in [0, 0.05) is 38.6 Å². The molecule has 8 nitrogen and oxygen atoms in total. The van der Waals surface area contributed by atoms with Crippen molar-refractivity contribution >= 4 is 17.7 Å². The molecule has 3 amide bonds. The largest absolute Gasteiger partial charge is 0.484 e. The van der Waals surface area contributed by atoms with Gasteiger partial charge in [0.25, 0.3) is 5.91 Å². The van der Waals surface area contributed by atoms with Crippen LogP contribution in [0.25, 0.3) is 0 Å². The third kappa shape index (κ3) is 4.82. The lowest BCUT2D eigenvalue weighted by Gasteiger charge is -2.39. The summed E-state index contributed by atoms with van der Waals surface area (Å²) < 4.78 is 18.4. The molecule has 2 saturated heterocycles. The molecule has 2 aliphatic heterocycles. The van der Waals surface area contributed by atoms with E-state index in [1.54, 1.807) is 27.1 Å². The van der Waals surface area contributed by atoms with Gasteiger partial charge in [-0.05, 0) is 48.4 Å². The van der Waals surface area contributed by atoms with Crippen LogP contribution in [0.1, 0.15) is 12.0 Å². The molecule has 1 atom stereocenters. The van der Waals surface area contributed by atoms with Crippen molar-refractivity contribution in [2.45, 2.75) is 19.0 Å². The highest BCUT2D eigenvalue weighted by atomic mass is 19.1. The molecular formula is C22H23FN4O4. The van der Waals surface area contributed by atoms with E-state index in [0.29, 0.717) is 38.3 Å². The van der Waals surface area contributed by atoms with Crippen molar-refractivity contribution in [1.29, 1.82) is 0 Å². The fourth-order valence-corrected chi connectivity index (χ4v) is 3.89. The number of nitrogens with zero attached hydrogens (tertiary/aromatic N) is 4. The zero-order valence-corrected chi connectivity index (χ0v) is 16.9. The van der Waals surface area contributed by atoms with E-state index < -0.39 is 6.04 Å². The Morgan fingerprint density at radius 1 is 1.06 bits per heavy atom. The van der Waals surface area contributed by atoms with E-state index in [2.05, 4.69) is 4.98 Å². The Balaban J connectivity index is 1.36. The quantitative estimate of drug-likeness (QED) is 0.714. The summed E-state index contributed by atoms with van der Waals surface area (Å²) in [6.07, 6.45) is 3.68. The van der Waals surface area contributed by atoms with Gasteiger partial charge in [0.05, 0.1) is 0 Å². The van der Waals surface area contributed by atoms with Crippen LogP contribution >= 0.6 is 0 Å². The van der Waals surface area contributed by atoms with Crippen LogP contribution in [0, 0.1) is 5.82 Å². The van der Waals surface area contributed by atoms with Gasteiger partial charge in [0.15, 0.2) is 6.61 Å². The number of carbonyl (C=O) groups is 3. The highest BCUT2D eigenvalue weighted by Crippen LogP contribution is 2.21. The highest BCUT2D eigenvalue weighted by molar-refractivity contribution is 5.95. The summed E-state index contributed by atoms with van der Waals surface area (Å²) in [5.41, 5.74) is 0.910. The summed E-state index contributed by atoms with van der Waals surface area (Å²) in [7, 11) is 0. The number of hydrogen-bond acceptors (Lipinski definition) is 5. The highest BCUT2D eigenvalue weighted by Gasteiger charge is 2.41. The number of piperazine rings is 1. The van der Waals surface area contributed by atoms with Gasteiger partial charge in [-0.25, -0.2) is 4.39 Å². The van der Waals surface area contributed by atoms with Gasteiger partial charge in [-0.15, -0.1) is 0 Å². The number of halogens is 1. The first-order valence-electron chi connectivity index (χ1n) is 10.1. The van der Waals surface area contributed by atoms with E-state index in [4.69, 9.17) is 4.74 Å². The predicted octanol–water partition coefficient (Wildman–Crippen LogP) is 1.07. The van der Waals surface area contributed by atoms with E-state index in [1.165, 1.54) is 24.3 Å². The van der Waals surface area contributed by atoms with Crippen molar-refractivity contribution in [1.82, 2.24) is 19.7 Å². The molecule has 2 aromatic rings. The molecule has 0 aliphatic carbocycles. The van der Waals surface area contributed by atoms with Crippen LogP contribution in [0.4, 0.5) is 4.39 Å². The van der Waals surface area contributed by atoms with Crippen LogP contribution in [0.3, 0.4) is 0 Å². The van der Waals surface area contributed by atoms with Gasteiger partial charge >= 0.3 is 0 Å². The minimum atomic E-state index is -0.570. The number of ether oxygens (including phenoxy) is 1. The second-order valence-corrected chi connectivity index (χ2v) is 7.56. The normalized spacial score (nSPS) is 19.1. The molecule has 0 saturated carbocycles. The lowest BCUT2D eigenvalue weighted by atomic mass is 10.1. The minimum Gasteiger partial charge on any atom is -0.484 e. The van der Waals surface area contributed by atoms with Crippen molar-refractivity contribution in [3.05, 3.63) is 60.2 Å². The molecule has 1 aromatic heterocycles. The molecule has 31 heavy (non-hydrogen) atoms. The molecule has 1 unspecified atom stereocenters. The Morgan fingerprint density at radius 2 is 1.81 bits per heavy atom. The van der Waals surface area contributed by atoms with Gasteiger partial charge in [-0.1, -0.05) is 0 Å². The average Bonchev–Trinajstić information content (AvgIpc) is 3.01. The summed E-state index contributed by atoms with van der Waals surface area (Å²) in [4.78, 5) is 47.0. The fourth-order valence-electron chi connectivity index (χ4n) is 3.89. The molecule has 0 radical (unpaired) electrons. The maximum atomic E-state index is 13.0. The molecule has 0 bridgehead atoms. The fraction of sp³-hybridized carbons (Fsp3) is 0.364. The minimum absolute atomic E-state index is 0.0271. The Kier molecular flexibility index (Phi) is 6.11. The molecule has 4 rings (SSSR count).